The van der Waals surface area contributed by atoms with Gasteiger partial charge in [-0.15, -0.1) is 36.4 Å². The number of hydrogen-bond donors (Lipinski definition) is 0. The van der Waals surface area contributed by atoms with Gasteiger partial charge in [-0.05, 0) is 56.1 Å². The molecule has 0 heterocycles. The van der Waals surface area contributed by atoms with Gasteiger partial charge in [0.25, 0.3) is 0 Å². The van der Waals surface area contributed by atoms with Crippen molar-refractivity contribution >= 4 is 23.5 Å². The second-order valence-corrected chi connectivity index (χ2v) is 20.3. The molecule has 0 aromatic heterocycles. The van der Waals surface area contributed by atoms with E-state index in [2.05, 4.69) is 193 Å². The molecule has 0 spiro atoms. The van der Waals surface area contributed by atoms with Crippen molar-refractivity contribution in [2.24, 2.45) is 21.7 Å². The predicted octanol–water partition coefficient (Wildman–Crippen LogP) is 7.03. The van der Waals surface area contributed by atoms with E-state index in [9.17, 15) is 0 Å². The summed E-state index contributed by atoms with van der Waals surface area (Å²) in [6, 6.07) is 0. The Morgan fingerprint density at radius 2 is 0.875 bits per heavy atom. The van der Waals surface area contributed by atoms with Gasteiger partial charge in [-0.1, -0.05) is 133 Å². The van der Waals surface area contributed by atoms with Gasteiger partial charge in [0.15, 0.2) is 0 Å². The number of halogens is 2. The molecule has 6 heteroatoms. The summed E-state index contributed by atoms with van der Waals surface area (Å²) in [5.74, 6) is 0. The van der Waals surface area contributed by atoms with Crippen molar-refractivity contribution in [2.75, 3.05) is 0 Å². The van der Waals surface area contributed by atoms with Crippen LogP contribution in [-0.2, 0) is 43.4 Å². The molecule has 48 heavy (non-hydrogen) atoms. The Balaban J connectivity index is 0. The molecule has 0 saturated heterocycles. The Morgan fingerprint density at radius 3 is 1.10 bits per heavy atom. The van der Waals surface area contributed by atoms with E-state index in [1.54, 1.807) is 11.1 Å². The zero-order valence-corrected chi connectivity index (χ0v) is 38.6. The van der Waals surface area contributed by atoms with Gasteiger partial charge in [0.2, 0.25) is 0 Å². The summed E-state index contributed by atoms with van der Waals surface area (Å²) in [5, 5.41) is 1.20. The van der Waals surface area contributed by atoms with E-state index in [0.29, 0.717) is 10.5 Å². The first-order chi connectivity index (χ1) is 20.2. The zero-order chi connectivity index (χ0) is 33.2. The molecule has 2 unspecified atom stereocenters. The number of hydrogen-bond acceptors (Lipinski definition) is 2. The summed E-state index contributed by atoms with van der Waals surface area (Å²) in [6.45, 7) is 33.1. The van der Waals surface area contributed by atoms with Crippen LogP contribution in [0.3, 0.4) is 0 Å². The largest absolute Gasteiger partial charge is 2.00 e. The van der Waals surface area contributed by atoms with Crippen LogP contribution in [0.5, 0.6) is 0 Å². The van der Waals surface area contributed by atoms with Crippen LogP contribution in [-0.4, -0.2) is 20.0 Å². The van der Waals surface area contributed by atoms with Crippen LogP contribution in [0.1, 0.15) is 123 Å². The average molecular weight is 798 g/mol. The third-order valence-electron chi connectivity index (χ3n) is 9.72. The maximum atomic E-state index is 3.61. The molecule has 2 atom stereocenters. The van der Waals surface area contributed by atoms with Crippen molar-refractivity contribution in [3.05, 3.63) is 95.2 Å². The molecule has 0 bridgehead atoms. The van der Waals surface area contributed by atoms with Crippen LogP contribution in [0.25, 0.3) is 0 Å². The molecule has 0 aromatic carbocycles. The van der Waals surface area contributed by atoms with E-state index in [-0.39, 0.29) is 99.4 Å². The second-order valence-electron chi connectivity index (χ2n) is 16.6. The van der Waals surface area contributed by atoms with Crippen molar-refractivity contribution in [1.29, 1.82) is 0 Å². The van der Waals surface area contributed by atoms with Crippen molar-refractivity contribution in [3.8, 4) is 0 Å². The fourth-order valence-electron chi connectivity index (χ4n) is 7.61. The first-order valence-corrected chi connectivity index (χ1v) is 18.7. The molecule has 4 aliphatic carbocycles. The topological polar surface area (TPSA) is 0 Å². The van der Waals surface area contributed by atoms with Gasteiger partial charge in [-0.25, -0.2) is 23.3 Å². The minimum absolute atomic E-state index is 0. The average Bonchev–Trinajstić information content (AvgIpc) is 3.63. The van der Waals surface area contributed by atoms with Crippen LogP contribution >= 0.6 is 23.5 Å². The Bertz CT molecular complexity index is 1190. The van der Waals surface area contributed by atoms with Gasteiger partial charge in [0.05, 0.1) is 0 Å². The first-order valence-electron chi connectivity index (χ1n) is 16.9. The Kier molecular flexibility index (Phi) is 20.8. The van der Waals surface area contributed by atoms with Crippen LogP contribution in [0.4, 0.5) is 0 Å². The number of thioether (sulfide) groups is 2. The third kappa shape index (κ3) is 10.8. The van der Waals surface area contributed by atoms with Gasteiger partial charge in [-0.3, -0.25) is 12.2 Å². The first kappa shape index (κ1) is 50.7. The molecule has 264 valence electrons. The maximum absolute atomic E-state index is 3.61. The minimum atomic E-state index is 0. The zero-order valence-electron chi connectivity index (χ0n) is 32.3. The third-order valence-corrected chi connectivity index (χ3v) is 13.3. The van der Waals surface area contributed by atoms with Crippen LogP contribution in [0, 0.1) is 33.8 Å². The van der Waals surface area contributed by atoms with Crippen molar-refractivity contribution in [3.63, 3.8) is 0 Å². The second kappa shape index (κ2) is 19.6. The van der Waals surface area contributed by atoms with Gasteiger partial charge >= 0.3 is 43.4 Å². The van der Waals surface area contributed by atoms with Gasteiger partial charge in [0.1, 0.15) is 0 Å². The smallest absolute Gasteiger partial charge is 1.00 e. The monoisotopic (exact) mass is 796 g/mol. The molecule has 4 aliphatic rings. The number of allylic oxidation sites excluding steroid dienone is 14. The summed E-state index contributed by atoms with van der Waals surface area (Å²) in [4.78, 5) is 0. The van der Waals surface area contributed by atoms with E-state index < -0.39 is 0 Å². The molecular weight excluding hydrogens is 735 g/mol. The van der Waals surface area contributed by atoms with Crippen molar-refractivity contribution < 1.29 is 68.2 Å². The van der Waals surface area contributed by atoms with Crippen LogP contribution in [0.15, 0.2) is 83.1 Å². The Labute approximate surface area is 348 Å². The quantitative estimate of drug-likeness (QED) is 0.191. The molecule has 4 rings (SSSR count). The Hall–Kier alpha value is 0.629. The summed E-state index contributed by atoms with van der Waals surface area (Å²) >= 11 is 4.27. The van der Waals surface area contributed by atoms with Crippen molar-refractivity contribution in [2.45, 2.75) is 143 Å². The molecule has 0 radical (unpaired) electrons. The van der Waals surface area contributed by atoms with E-state index in [1.807, 2.05) is 0 Å². The molecular formula is C42H62Cl2S2Ti2. The standard InChI is InChI=1S/2C21H31S.2ClH.2Ti/c2*1-16(2)22-21(20(6,7)17-12-8-9-13-17)15-11-10-14-18(21)19(3,4)5;;;;/h2*8,10-12,14,16H,9,15H2,1-7H3;2*1H;;/q2*-1;;;2*+2/p-2. The molecule has 0 amide bonds. The minimum Gasteiger partial charge on any atom is -1.00 e. The maximum Gasteiger partial charge on any atom is 2.00 e. The van der Waals surface area contributed by atoms with Crippen molar-refractivity contribution in [1.82, 2.24) is 0 Å². The normalized spacial score (nSPS) is 23.5. The van der Waals surface area contributed by atoms with Gasteiger partial charge in [0, 0.05) is 9.49 Å². The molecule has 0 aliphatic heterocycles. The van der Waals surface area contributed by atoms with Crippen LogP contribution in [0.2, 0.25) is 0 Å². The molecule has 0 fully saturated rings. The molecule has 0 nitrogen and oxygen atoms in total. The summed E-state index contributed by atoms with van der Waals surface area (Å²) < 4.78 is 0.205. The van der Waals surface area contributed by atoms with Crippen LogP contribution < -0.4 is 24.8 Å². The summed E-state index contributed by atoms with van der Waals surface area (Å²) in [6.07, 6.45) is 34.4. The summed E-state index contributed by atoms with van der Waals surface area (Å²) in [7, 11) is 0. The van der Waals surface area contributed by atoms with E-state index in [4.69, 9.17) is 0 Å². The predicted molar refractivity (Wildman–Crippen MR) is 202 cm³/mol. The fraction of sp³-hybridized carbons (Fsp3) is 0.619. The van der Waals surface area contributed by atoms with E-state index in [0.717, 1.165) is 25.7 Å². The molecule has 0 aromatic rings. The SMILES string of the molecule is CC(C)SC1(C(C)(C)C2=[C-]CC=C2)CC=CC=C1C(C)(C)C.CC(C)SC1(C(C)(C)C2=[C-]CC=C2)CC=CC=C1C(C)(C)C.[Cl-].[Cl-].[Ti+2].[Ti+2]. The molecule has 0 N–H and O–H groups in total. The summed E-state index contributed by atoms with van der Waals surface area (Å²) in [5.41, 5.74) is 6.39. The van der Waals surface area contributed by atoms with Gasteiger partial charge < -0.3 is 24.8 Å². The van der Waals surface area contributed by atoms with E-state index in [1.165, 1.54) is 11.1 Å². The van der Waals surface area contributed by atoms with E-state index >= 15 is 0 Å². The molecule has 0 saturated carbocycles. The fourth-order valence-corrected chi connectivity index (χ4v) is 11.4. The van der Waals surface area contributed by atoms with Gasteiger partial charge in [-0.2, -0.15) is 12.2 Å². The number of rotatable bonds is 8. The Morgan fingerprint density at radius 1 is 0.562 bits per heavy atom.